The lowest BCUT2D eigenvalue weighted by molar-refractivity contribution is -0.133. The van der Waals surface area contributed by atoms with Gasteiger partial charge in [-0.2, -0.15) is 0 Å². The second-order valence-electron chi connectivity index (χ2n) is 11.2. The largest absolute Gasteiger partial charge is 0.477 e. The summed E-state index contributed by atoms with van der Waals surface area (Å²) in [6.45, 7) is 4.20. The van der Waals surface area contributed by atoms with Crippen molar-refractivity contribution in [3.05, 3.63) is 45.8 Å². The summed E-state index contributed by atoms with van der Waals surface area (Å²) in [5.41, 5.74) is 4.20. The number of fused-ring (bicyclic) bond motifs is 1. The van der Waals surface area contributed by atoms with Crippen molar-refractivity contribution in [2.24, 2.45) is 0 Å². The summed E-state index contributed by atoms with van der Waals surface area (Å²) in [6.07, 6.45) is 10.4. The number of amides is 1. The Hall–Kier alpha value is -2.35. The van der Waals surface area contributed by atoms with Gasteiger partial charge in [-0.25, -0.2) is 4.79 Å². The normalized spacial score (nSPS) is 20.0. The lowest BCUT2D eigenvalue weighted by Crippen LogP contribution is -2.46. The number of carboxylic acids is 1. The number of aromatic nitrogens is 1. The van der Waals surface area contributed by atoms with Crippen LogP contribution >= 0.6 is 22.9 Å². The van der Waals surface area contributed by atoms with Crippen LogP contribution in [0.2, 0.25) is 5.02 Å². The predicted octanol–water partition coefficient (Wildman–Crippen LogP) is 6.86. The Labute approximate surface area is 233 Å². The van der Waals surface area contributed by atoms with Crippen molar-refractivity contribution in [2.45, 2.75) is 76.3 Å². The molecular weight excluding hydrogens is 518 g/mol. The van der Waals surface area contributed by atoms with E-state index < -0.39 is 5.97 Å². The first-order chi connectivity index (χ1) is 18.5. The molecule has 6 nitrogen and oxygen atoms in total. The van der Waals surface area contributed by atoms with Crippen molar-refractivity contribution >= 4 is 45.0 Å². The molecule has 1 amide bonds. The quantitative estimate of drug-likeness (QED) is 0.362. The van der Waals surface area contributed by atoms with Crippen LogP contribution in [0.3, 0.4) is 0 Å². The lowest BCUT2D eigenvalue weighted by atomic mass is 9.83. The van der Waals surface area contributed by atoms with Gasteiger partial charge < -0.3 is 19.5 Å². The number of aromatic carboxylic acids is 1. The molecule has 0 unspecified atom stereocenters. The van der Waals surface area contributed by atoms with E-state index in [1.807, 2.05) is 29.2 Å². The van der Waals surface area contributed by atoms with Crippen LogP contribution in [0.1, 0.15) is 78.9 Å². The Morgan fingerprint density at radius 2 is 1.61 bits per heavy atom. The molecule has 1 N–H and O–H groups in total. The highest BCUT2D eigenvalue weighted by molar-refractivity contribution is 7.21. The van der Waals surface area contributed by atoms with Gasteiger partial charge in [0.25, 0.3) is 0 Å². The molecule has 202 valence electrons. The molecule has 2 saturated heterocycles. The van der Waals surface area contributed by atoms with E-state index in [1.54, 1.807) is 6.07 Å². The highest BCUT2D eigenvalue weighted by Crippen LogP contribution is 2.47. The van der Waals surface area contributed by atoms with E-state index in [1.165, 1.54) is 62.1 Å². The van der Waals surface area contributed by atoms with Gasteiger partial charge in [-0.05, 0) is 86.9 Å². The maximum absolute atomic E-state index is 13.8. The van der Waals surface area contributed by atoms with Gasteiger partial charge in [-0.15, -0.1) is 11.3 Å². The van der Waals surface area contributed by atoms with Gasteiger partial charge in [-0.1, -0.05) is 43.0 Å². The molecule has 3 aromatic rings. The Morgan fingerprint density at radius 1 is 0.921 bits per heavy atom. The zero-order valence-corrected chi connectivity index (χ0v) is 23.4. The van der Waals surface area contributed by atoms with Gasteiger partial charge in [0.05, 0.1) is 15.9 Å². The number of hydrogen-bond donors (Lipinski definition) is 1. The molecule has 38 heavy (non-hydrogen) atoms. The van der Waals surface area contributed by atoms with Crippen LogP contribution in [0.4, 0.5) is 0 Å². The molecule has 0 spiro atoms. The van der Waals surface area contributed by atoms with Crippen LogP contribution in [-0.4, -0.2) is 63.6 Å². The molecule has 2 aromatic heterocycles. The Morgan fingerprint density at radius 3 is 2.26 bits per heavy atom. The summed E-state index contributed by atoms with van der Waals surface area (Å²) in [7, 11) is 0. The maximum atomic E-state index is 13.8. The molecule has 0 atom stereocenters. The number of piperidine rings is 1. The topological polar surface area (TPSA) is 65.8 Å². The fourth-order valence-electron chi connectivity index (χ4n) is 6.93. The van der Waals surface area contributed by atoms with Gasteiger partial charge in [0.2, 0.25) is 5.91 Å². The second-order valence-corrected chi connectivity index (χ2v) is 12.7. The minimum atomic E-state index is -0.907. The van der Waals surface area contributed by atoms with E-state index in [2.05, 4.69) is 9.47 Å². The van der Waals surface area contributed by atoms with E-state index in [9.17, 15) is 14.7 Å². The van der Waals surface area contributed by atoms with Crippen molar-refractivity contribution in [1.82, 2.24) is 14.4 Å². The van der Waals surface area contributed by atoms with E-state index in [0.29, 0.717) is 21.9 Å². The molecule has 1 saturated carbocycles. The fraction of sp³-hybridized carbons (Fsp3) is 0.533. The van der Waals surface area contributed by atoms with Crippen molar-refractivity contribution in [2.75, 3.05) is 26.2 Å². The highest BCUT2D eigenvalue weighted by Gasteiger charge is 2.32. The standard InChI is InChI=1S/C30H36ClN3O3S/c31-22-10-8-21(9-11-22)28-27(20-6-2-1-3-7-20)29-24(18-25(38-29)30(36)37)34(28)19-26(35)33-16-12-23(13-17-33)32-14-4-5-15-32/h8-11,18,20,23H,1-7,12-17,19H2,(H,36,37). The number of nitrogens with zero attached hydrogens (tertiary/aromatic N) is 3. The van der Waals surface area contributed by atoms with Crippen LogP contribution in [-0.2, 0) is 11.3 Å². The SMILES string of the molecule is O=C(O)c1cc2c(s1)c(C1CCCCC1)c(-c1ccc(Cl)cc1)n2CC(=O)N1CCC(N2CCCC2)CC1. The van der Waals surface area contributed by atoms with Crippen LogP contribution in [0.25, 0.3) is 21.5 Å². The number of benzene rings is 1. The molecule has 6 rings (SSSR count). The number of carbonyl (C=O) groups excluding carboxylic acids is 1. The number of rotatable bonds is 6. The molecule has 1 aliphatic carbocycles. The number of carboxylic acid groups (broad SMARTS) is 1. The van der Waals surface area contributed by atoms with Gasteiger partial charge >= 0.3 is 5.97 Å². The van der Waals surface area contributed by atoms with E-state index in [-0.39, 0.29) is 12.5 Å². The molecule has 8 heteroatoms. The third-order valence-corrected chi connectivity index (χ3v) is 10.3. The van der Waals surface area contributed by atoms with E-state index in [0.717, 1.165) is 60.2 Å². The van der Waals surface area contributed by atoms with Gasteiger partial charge in [0, 0.05) is 24.2 Å². The predicted molar refractivity (Wildman–Crippen MR) is 153 cm³/mol. The summed E-state index contributed by atoms with van der Waals surface area (Å²) in [5, 5.41) is 10.5. The lowest BCUT2D eigenvalue weighted by Gasteiger charge is -2.36. The van der Waals surface area contributed by atoms with Crippen molar-refractivity contribution < 1.29 is 14.7 Å². The summed E-state index contributed by atoms with van der Waals surface area (Å²) < 4.78 is 3.14. The molecule has 3 fully saturated rings. The zero-order valence-electron chi connectivity index (χ0n) is 21.8. The number of halogens is 1. The van der Waals surface area contributed by atoms with E-state index in [4.69, 9.17) is 11.6 Å². The molecule has 3 aliphatic rings. The number of thiophene rings is 1. The van der Waals surface area contributed by atoms with Crippen molar-refractivity contribution in [3.63, 3.8) is 0 Å². The zero-order chi connectivity index (χ0) is 26.2. The number of carbonyl (C=O) groups is 2. The van der Waals surface area contributed by atoms with Gasteiger partial charge in [0.1, 0.15) is 11.4 Å². The van der Waals surface area contributed by atoms with Gasteiger partial charge in [0.15, 0.2) is 0 Å². The van der Waals surface area contributed by atoms with Crippen LogP contribution < -0.4 is 0 Å². The maximum Gasteiger partial charge on any atom is 0.345 e. The van der Waals surface area contributed by atoms with Crippen LogP contribution in [0, 0.1) is 0 Å². The molecule has 0 bridgehead atoms. The average molecular weight is 554 g/mol. The smallest absolute Gasteiger partial charge is 0.345 e. The molecular formula is C30H36ClN3O3S. The fourth-order valence-corrected chi connectivity index (χ4v) is 8.18. The first-order valence-corrected chi connectivity index (χ1v) is 15.4. The molecule has 2 aliphatic heterocycles. The van der Waals surface area contributed by atoms with Crippen LogP contribution in [0.15, 0.2) is 30.3 Å². The van der Waals surface area contributed by atoms with Crippen LogP contribution in [0.5, 0.6) is 0 Å². The third-order valence-electron chi connectivity index (χ3n) is 8.88. The Bertz CT molecular complexity index is 1310. The van der Waals surface area contributed by atoms with Crippen molar-refractivity contribution in [1.29, 1.82) is 0 Å². The summed E-state index contributed by atoms with van der Waals surface area (Å²) >= 11 is 7.61. The Balaban J connectivity index is 1.37. The molecule has 4 heterocycles. The first-order valence-electron chi connectivity index (χ1n) is 14.2. The number of likely N-dealkylation sites (tertiary alicyclic amines) is 2. The third kappa shape index (κ3) is 5.01. The van der Waals surface area contributed by atoms with Crippen molar-refractivity contribution in [3.8, 4) is 11.3 Å². The monoisotopic (exact) mass is 553 g/mol. The minimum absolute atomic E-state index is 0.121. The number of hydrogen-bond acceptors (Lipinski definition) is 4. The second kappa shape index (κ2) is 11.0. The molecule has 1 aromatic carbocycles. The van der Waals surface area contributed by atoms with Gasteiger partial charge in [-0.3, -0.25) is 4.79 Å². The minimum Gasteiger partial charge on any atom is -0.477 e. The van der Waals surface area contributed by atoms with E-state index >= 15 is 0 Å². The summed E-state index contributed by atoms with van der Waals surface area (Å²) in [4.78, 5) is 30.7. The summed E-state index contributed by atoms with van der Waals surface area (Å²) in [6, 6.07) is 10.3. The first kappa shape index (κ1) is 25.9. The average Bonchev–Trinajstić information content (AvgIpc) is 3.68. The molecule has 0 radical (unpaired) electrons. The summed E-state index contributed by atoms with van der Waals surface area (Å²) in [5.74, 6) is -0.421. The Kier molecular flexibility index (Phi) is 7.52. The highest BCUT2D eigenvalue weighted by atomic mass is 35.5.